The van der Waals surface area contributed by atoms with E-state index in [0.29, 0.717) is 0 Å². The second-order valence-corrected chi connectivity index (χ2v) is 1.67. The summed E-state index contributed by atoms with van der Waals surface area (Å²) < 4.78 is 1.44. The molecule has 1 rings (SSSR count). The van der Waals surface area contributed by atoms with Gasteiger partial charge in [0.15, 0.2) is 5.72 Å². The van der Waals surface area contributed by atoms with E-state index in [-0.39, 0.29) is 5.72 Å². The Morgan fingerprint density at radius 2 is 2.33 bits per heavy atom. The van der Waals surface area contributed by atoms with Crippen molar-refractivity contribution in [3.05, 3.63) is 6.33 Å². The van der Waals surface area contributed by atoms with Gasteiger partial charge in [0, 0.05) is 7.05 Å². The van der Waals surface area contributed by atoms with Crippen LogP contribution in [-0.4, -0.2) is 31.9 Å². The van der Waals surface area contributed by atoms with E-state index in [1.807, 2.05) is 0 Å². The summed E-state index contributed by atoms with van der Waals surface area (Å²) in [4.78, 5) is 0. The van der Waals surface area contributed by atoms with Crippen LogP contribution in [0.1, 0.15) is 0 Å². The number of hydrogen-bond acceptors (Lipinski definition) is 4. The fourth-order valence-electron chi connectivity index (χ4n) is 0.526. The molecule has 0 aromatic carbocycles. The molecule has 0 aliphatic heterocycles. The summed E-state index contributed by atoms with van der Waals surface area (Å²) in [5.74, 6) is 0. The zero-order chi connectivity index (χ0) is 6.85. The second kappa shape index (κ2) is 2.16. The SMILES string of the molecule is Cn1cnnc1B(O)O. The summed E-state index contributed by atoms with van der Waals surface area (Å²) in [7, 11) is 0.104. The topological polar surface area (TPSA) is 71.2 Å². The number of aromatic nitrogens is 3. The molecule has 0 atom stereocenters. The molecule has 48 valence electrons. The van der Waals surface area contributed by atoms with Gasteiger partial charge in [0.25, 0.3) is 0 Å². The summed E-state index contributed by atoms with van der Waals surface area (Å²) in [5, 5.41) is 23.9. The zero-order valence-electron chi connectivity index (χ0n) is 4.89. The molecule has 0 aliphatic carbocycles. The van der Waals surface area contributed by atoms with Crippen LogP contribution in [0.5, 0.6) is 0 Å². The quantitative estimate of drug-likeness (QED) is 0.409. The summed E-state index contributed by atoms with van der Waals surface area (Å²) in [6.07, 6.45) is 1.40. The highest BCUT2D eigenvalue weighted by molar-refractivity contribution is 6.56. The molecule has 0 amide bonds. The Kier molecular flexibility index (Phi) is 1.50. The van der Waals surface area contributed by atoms with E-state index < -0.39 is 7.12 Å². The summed E-state index contributed by atoms with van der Waals surface area (Å²) in [6.45, 7) is 0. The molecule has 0 aliphatic rings. The van der Waals surface area contributed by atoms with Gasteiger partial charge in [-0.25, -0.2) is 0 Å². The van der Waals surface area contributed by atoms with Gasteiger partial charge in [-0.15, -0.1) is 10.2 Å². The number of nitrogens with zero attached hydrogens (tertiary/aromatic N) is 3. The molecule has 0 fully saturated rings. The van der Waals surface area contributed by atoms with Crippen LogP contribution in [0.15, 0.2) is 6.33 Å². The number of aryl methyl sites for hydroxylation is 1. The van der Waals surface area contributed by atoms with E-state index in [2.05, 4.69) is 10.2 Å². The molecule has 5 nitrogen and oxygen atoms in total. The Labute approximate surface area is 52.1 Å². The van der Waals surface area contributed by atoms with Crippen LogP contribution in [0, 0.1) is 0 Å². The largest absolute Gasteiger partial charge is 0.528 e. The maximum absolute atomic E-state index is 8.53. The van der Waals surface area contributed by atoms with Gasteiger partial charge in [-0.05, 0) is 0 Å². The van der Waals surface area contributed by atoms with Gasteiger partial charge in [0.1, 0.15) is 6.33 Å². The predicted octanol–water partition coefficient (Wildman–Crippen LogP) is -2.51. The Morgan fingerprint density at radius 3 is 2.56 bits per heavy atom. The van der Waals surface area contributed by atoms with E-state index in [0.717, 1.165) is 0 Å². The van der Waals surface area contributed by atoms with E-state index in [4.69, 9.17) is 10.0 Å². The van der Waals surface area contributed by atoms with Crippen molar-refractivity contribution in [2.75, 3.05) is 0 Å². The van der Waals surface area contributed by atoms with E-state index in [9.17, 15) is 0 Å². The Morgan fingerprint density at radius 1 is 1.67 bits per heavy atom. The van der Waals surface area contributed by atoms with Crippen LogP contribution in [-0.2, 0) is 7.05 Å². The molecule has 6 heteroatoms. The number of hydrogen-bond donors (Lipinski definition) is 2. The lowest BCUT2D eigenvalue weighted by Crippen LogP contribution is -2.37. The minimum atomic E-state index is -1.53. The summed E-state index contributed by atoms with van der Waals surface area (Å²) >= 11 is 0. The van der Waals surface area contributed by atoms with Gasteiger partial charge >= 0.3 is 7.12 Å². The first-order valence-electron chi connectivity index (χ1n) is 2.42. The van der Waals surface area contributed by atoms with Gasteiger partial charge in [0.05, 0.1) is 0 Å². The van der Waals surface area contributed by atoms with Crippen LogP contribution in [0.3, 0.4) is 0 Å². The fourth-order valence-corrected chi connectivity index (χ4v) is 0.526. The first-order valence-corrected chi connectivity index (χ1v) is 2.42. The number of rotatable bonds is 1. The third-order valence-electron chi connectivity index (χ3n) is 0.977. The first-order chi connectivity index (χ1) is 4.22. The first kappa shape index (κ1) is 6.25. The van der Waals surface area contributed by atoms with Crippen molar-refractivity contribution in [2.24, 2.45) is 7.05 Å². The standard InChI is InChI=1S/C3H6BN3O2/c1-7-2-5-6-3(7)4(8)9/h2,8-9H,1H3. The molecule has 0 unspecified atom stereocenters. The molecule has 1 aromatic rings. The lowest BCUT2D eigenvalue weighted by molar-refractivity contribution is 0.421. The molecule has 0 bridgehead atoms. The molecule has 2 N–H and O–H groups in total. The molecule has 9 heavy (non-hydrogen) atoms. The smallest absolute Gasteiger partial charge is 0.421 e. The summed E-state index contributed by atoms with van der Waals surface area (Å²) in [5.41, 5.74) is 0.148. The van der Waals surface area contributed by atoms with Crippen molar-refractivity contribution in [1.82, 2.24) is 14.8 Å². The highest BCUT2D eigenvalue weighted by Gasteiger charge is 2.16. The van der Waals surface area contributed by atoms with Crippen LogP contribution in [0.4, 0.5) is 0 Å². The van der Waals surface area contributed by atoms with Crippen LogP contribution >= 0.6 is 0 Å². The van der Waals surface area contributed by atoms with Gasteiger partial charge in [-0.1, -0.05) is 0 Å². The van der Waals surface area contributed by atoms with E-state index in [1.54, 1.807) is 7.05 Å². The second-order valence-electron chi connectivity index (χ2n) is 1.67. The normalized spacial score (nSPS) is 9.67. The molecule has 0 saturated heterocycles. The Hall–Kier alpha value is -0.875. The van der Waals surface area contributed by atoms with Crippen LogP contribution in [0.2, 0.25) is 0 Å². The van der Waals surface area contributed by atoms with Crippen LogP contribution < -0.4 is 5.72 Å². The maximum Gasteiger partial charge on any atom is 0.528 e. The van der Waals surface area contributed by atoms with Crippen molar-refractivity contribution in [2.45, 2.75) is 0 Å². The van der Waals surface area contributed by atoms with E-state index >= 15 is 0 Å². The molecular weight excluding hydrogens is 121 g/mol. The molecule has 1 heterocycles. The van der Waals surface area contributed by atoms with Crippen molar-refractivity contribution in [1.29, 1.82) is 0 Å². The highest BCUT2D eigenvalue weighted by atomic mass is 16.4. The Balaban J connectivity index is 2.94. The average Bonchev–Trinajstić information content (AvgIpc) is 2.13. The molecule has 0 saturated carbocycles. The molecule has 0 radical (unpaired) electrons. The lowest BCUT2D eigenvalue weighted by atomic mass is 9.91. The molecule has 0 spiro atoms. The van der Waals surface area contributed by atoms with Gasteiger partial charge in [-0.3, -0.25) is 0 Å². The minimum Gasteiger partial charge on any atom is -0.421 e. The van der Waals surface area contributed by atoms with Crippen molar-refractivity contribution >= 4 is 12.8 Å². The average molecular weight is 127 g/mol. The van der Waals surface area contributed by atoms with Crippen molar-refractivity contribution in [3.63, 3.8) is 0 Å². The Bertz CT molecular complexity index is 199. The van der Waals surface area contributed by atoms with Gasteiger partial charge in [0.2, 0.25) is 0 Å². The molecular formula is C3H6BN3O2. The van der Waals surface area contributed by atoms with E-state index in [1.165, 1.54) is 10.9 Å². The van der Waals surface area contributed by atoms with Crippen molar-refractivity contribution in [3.8, 4) is 0 Å². The maximum atomic E-state index is 8.53. The monoisotopic (exact) mass is 127 g/mol. The summed E-state index contributed by atoms with van der Waals surface area (Å²) in [6, 6.07) is 0. The van der Waals surface area contributed by atoms with Gasteiger partial charge < -0.3 is 14.6 Å². The van der Waals surface area contributed by atoms with Crippen molar-refractivity contribution < 1.29 is 10.0 Å². The minimum absolute atomic E-state index is 0.148. The van der Waals surface area contributed by atoms with Crippen LogP contribution in [0.25, 0.3) is 0 Å². The van der Waals surface area contributed by atoms with Gasteiger partial charge in [-0.2, -0.15) is 0 Å². The predicted molar refractivity (Wildman–Crippen MR) is 30.8 cm³/mol. The third-order valence-corrected chi connectivity index (χ3v) is 0.977. The highest BCUT2D eigenvalue weighted by Crippen LogP contribution is 1.72. The fraction of sp³-hybridized carbons (Fsp3) is 0.333. The zero-order valence-corrected chi connectivity index (χ0v) is 4.89. The lowest BCUT2D eigenvalue weighted by Gasteiger charge is -1.94. The molecule has 1 aromatic heterocycles. The third kappa shape index (κ3) is 1.09.